The lowest BCUT2D eigenvalue weighted by Crippen LogP contribution is -2.54. The molecule has 2 saturated heterocycles. The van der Waals surface area contributed by atoms with Crippen molar-refractivity contribution in [2.24, 2.45) is 5.92 Å². The summed E-state index contributed by atoms with van der Waals surface area (Å²) < 4.78 is 1.91. The van der Waals surface area contributed by atoms with Gasteiger partial charge in [0.25, 0.3) is 0 Å². The molecule has 6 nitrogen and oxygen atoms in total. The smallest absolute Gasteiger partial charge is 0.237 e. The number of fused-ring (bicyclic) bond motifs is 1. The van der Waals surface area contributed by atoms with E-state index in [0.29, 0.717) is 24.5 Å². The molecule has 0 radical (unpaired) electrons. The summed E-state index contributed by atoms with van der Waals surface area (Å²) in [5.41, 5.74) is 0. The summed E-state index contributed by atoms with van der Waals surface area (Å²) in [7, 11) is 0. The molecule has 0 unspecified atom stereocenters. The van der Waals surface area contributed by atoms with Gasteiger partial charge < -0.3 is 4.90 Å². The molecule has 0 bridgehead atoms. The van der Waals surface area contributed by atoms with Gasteiger partial charge in [-0.3, -0.25) is 14.4 Å². The summed E-state index contributed by atoms with van der Waals surface area (Å²) in [5.74, 6) is 1.13. The largest absolute Gasteiger partial charge is 0.338 e. The van der Waals surface area contributed by atoms with E-state index in [9.17, 15) is 4.79 Å². The van der Waals surface area contributed by atoms with Crippen LogP contribution >= 0.6 is 0 Å². The first kappa shape index (κ1) is 17.0. The molecule has 3 atom stereocenters. The highest BCUT2D eigenvalue weighted by Gasteiger charge is 2.36. The average Bonchev–Trinajstić information content (AvgIpc) is 3.16. The number of carbonyl (C=O) groups is 1. The van der Waals surface area contributed by atoms with Crippen LogP contribution < -0.4 is 0 Å². The predicted octanol–water partition coefficient (Wildman–Crippen LogP) is 2.31. The summed E-state index contributed by atoms with van der Waals surface area (Å²) in [6.45, 7) is 3.44. The van der Waals surface area contributed by atoms with Crippen LogP contribution in [-0.4, -0.2) is 62.2 Å². The monoisotopic (exact) mass is 345 g/mol. The van der Waals surface area contributed by atoms with E-state index < -0.39 is 0 Å². The molecule has 0 aromatic carbocycles. The van der Waals surface area contributed by atoms with Gasteiger partial charge in [0.1, 0.15) is 12.7 Å². The summed E-state index contributed by atoms with van der Waals surface area (Å²) in [6, 6.07) is 0.930. The lowest BCUT2D eigenvalue weighted by Gasteiger charge is -2.45. The maximum Gasteiger partial charge on any atom is 0.237 e. The van der Waals surface area contributed by atoms with Gasteiger partial charge in [0.2, 0.25) is 5.91 Å². The Balaban J connectivity index is 1.39. The molecule has 0 spiro atoms. The maximum atomic E-state index is 13.1. The molecule has 4 rings (SSSR count). The highest BCUT2D eigenvalue weighted by molar-refractivity contribution is 5.78. The minimum absolute atomic E-state index is 0.363. The Morgan fingerprint density at radius 3 is 2.72 bits per heavy atom. The first-order valence-corrected chi connectivity index (χ1v) is 10.2. The molecule has 1 aliphatic carbocycles. The van der Waals surface area contributed by atoms with E-state index in [1.54, 1.807) is 12.7 Å². The van der Waals surface area contributed by atoms with Crippen LogP contribution in [0.25, 0.3) is 0 Å². The second kappa shape index (κ2) is 7.85. The molecule has 25 heavy (non-hydrogen) atoms. The van der Waals surface area contributed by atoms with Crippen molar-refractivity contribution < 1.29 is 4.79 Å². The first-order valence-electron chi connectivity index (χ1n) is 10.2. The van der Waals surface area contributed by atoms with Gasteiger partial charge in [-0.15, -0.1) is 0 Å². The molecule has 138 valence electrons. The van der Waals surface area contributed by atoms with Gasteiger partial charge in [0.05, 0.1) is 13.1 Å². The topological polar surface area (TPSA) is 54.3 Å². The SMILES string of the molecule is O=C(CN1CCCC[C@@H]1Cn1cncn1)N1CCC[C@@H]2CCCC[C@@H]21. The minimum Gasteiger partial charge on any atom is -0.338 e. The van der Waals surface area contributed by atoms with E-state index in [4.69, 9.17) is 0 Å². The molecule has 2 aliphatic heterocycles. The molecule has 1 aromatic rings. The molecular weight excluding hydrogens is 314 g/mol. The van der Waals surface area contributed by atoms with E-state index in [1.165, 1.54) is 51.4 Å². The number of hydrogen-bond acceptors (Lipinski definition) is 4. The molecule has 3 aliphatic rings. The Hall–Kier alpha value is -1.43. The van der Waals surface area contributed by atoms with Crippen LogP contribution in [0, 0.1) is 5.92 Å². The molecule has 1 aromatic heterocycles. The van der Waals surface area contributed by atoms with Crippen LogP contribution in [0.4, 0.5) is 0 Å². The van der Waals surface area contributed by atoms with E-state index in [2.05, 4.69) is 19.9 Å². The van der Waals surface area contributed by atoms with E-state index >= 15 is 0 Å². The van der Waals surface area contributed by atoms with Crippen LogP contribution in [0.1, 0.15) is 57.8 Å². The van der Waals surface area contributed by atoms with Gasteiger partial charge in [0, 0.05) is 18.6 Å². The fourth-order valence-electron chi connectivity index (χ4n) is 5.22. The van der Waals surface area contributed by atoms with Crippen LogP contribution in [0.3, 0.4) is 0 Å². The standard InChI is InChI=1S/C19H31N5O/c25-19(24-11-5-7-16-6-1-2-9-18(16)24)13-22-10-4-3-8-17(22)12-23-15-20-14-21-23/h14-18H,1-13H2/t16-,17+,18-/m0/s1. The lowest BCUT2D eigenvalue weighted by molar-refractivity contribution is -0.139. The normalized spacial score (nSPS) is 30.9. The third-order valence-corrected chi connectivity index (χ3v) is 6.52. The number of aromatic nitrogens is 3. The zero-order chi connectivity index (χ0) is 17.1. The summed E-state index contributed by atoms with van der Waals surface area (Å²) in [6.07, 6.45) is 14.7. The molecular formula is C19H31N5O. The molecule has 1 amide bonds. The Morgan fingerprint density at radius 2 is 1.84 bits per heavy atom. The number of hydrogen-bond donors (Lipinski definition) is 0. The highest BCUT2D eigenvalue weighted by atomic mass is 16.2. The Kier molecular flexibility index (Phi) is 5.34. The number of likely N-dealkylation sites (tertiary alicyclic amines) is 2. The van der Waals surface area contributed by atoms with Crippen molar-refractivity contribution in [3.63, 3.8) is 0 Å². The zero-order valence-electron chi connectivity index (χ0n) is 15.2. The van der Waals surface area contributed by atoms with Crippen molar-refractivity contribution >= 4 is 5.91 Å². The first-order chi connectivity index (χ1) is 12.3. The molecule has 1 saturated carbocycles. The summed E-state index contributed by atoms with van der Waals surface area (Å²) in [4.78, 5) is 21.8. The van der Waals surface area contributed by atoms with Gasteiger partial charge in [-0.25, -0.2) is 4.98 Å². The third kappa shape index (κ3) is 3.89. The molecule has 3 heterocycles. The molecule has 6 heteroatoms. The van der Waals surface area contributed by atoms with Crippen molar-refractivity contribution in [2.45, 2.75) is 76.4 Å². The average molecular weight is 345 g/mol. The van der Waals surface area contributed by atoms with Gasteiger partial charge in [0.15, 0.2) is 0 Å². The van der Waals surface area contributed by atoms with Crippen LogP contribution in [0.15, 0.2) is 12.7 Å². The predicted molar refractivity (Wildman–Crippen MR) is 95.9 cm³/mol. The van der Waals surface area contributed by atoms with E-state index in [-0.39, 0.29) is 0 Å². The lowest BCUT2D eigenvalue weighted by atomic mass is 9.78. The van der Waals surface area contributed by atoms with Crippen LogP contribution in [0.5, 0.6) is 0 Å². The van der Waals surface area contributed by atoms with Crippen molar-refractivity contribution in [3.8, 4) is 0 Å². The van der Waals surface area contributed by atoms with Crippen molar-refractivity contribution in [2.75, 3.05) is 19.6 Å². The van der Waals surface area contributed by atoms with Crippen molar-refractivity contribution in [1.82, 2.24) is 24.6 Å². The third-order valence-electron chi connectivity index (χ3n) is 6.52. The summed E-state index contributed by atoms with van der Waals surface area (Å²) >= 11 is 0. The van der Waals surface area contributed by atoms with Gasteiger partial charge in [-0.1, -0.05) is 19.3 Å². The van der Waals surface area contributed by atoms with Crippen molar-refractivity contribution in [1.29, 1.82) is 0 Å². The number of piperidine rings is 2. The molecule has 3 fully saturated rings. The van der Waals surface area contributed by atoms with Crippen LogP contribution in [0.2, 0.25) is 0 Å². The zero-order valence-corrected chi connectivity index (χ0v) is 15.2. The second-order valence-electron chi connectivity index (χ2n) is 8.08. The number of amides is 1. The molecule has 0 N–H and O–H groups in total. The van der Waals surface area contributed by atoms with Crippen molar-refractivity contribution in [3.05, 3.63) is 12.7 Å². The second-order valence-corrected chi connectivity index (χ2v) is 8.08. The van der Waals surface area contributed by atoms with Gasteiger partial charge >= 0.3 is 0 Å². The fraction of sp³-hybridized carbons (Fsp3) is 0.842. The van der Waals surface area contributed by atoms with Gasteiger partial charge in [-0.05, 0) is 51.0 Å². The Labute approximate surface area is 150 Å². The van der Waals surface area contributed by atoms with Gasteiger partial charge in [-0.2, -0.15) is 5.10 Å². The Bertz CT molecular complexity index is 558. The fourth-order valence-corrected chi connectivity index (χ4v) is 5.22. The summed E-state index contributed by atoms with van der Waals surface area (Å²) in [5, 5.41) is 4.25. The quantitative estimate of drug-likeness (QED) is 0.840. The minimum atomic E-state index is 0.363. The van der Waals surface area contributed by atoms with Crippen LogP contribution in [-0.2, 0) is 11.3 Å². The maximum absolute atomic E-state index is 13.1. The Morgan fingerprint density at radius 1 is 1.00 bits per heavy atom. The number of carbonyl (C=O) groups excluding carboxylic acids is 1. The van der Waals surface area contributed by atoms with E-state index in [1.807, 2.05) is 4.68 Å². The number of rotatable bonds is 4. The number of nitrogens with zero attached hydrogens (tertiary/aromatic N) is 5. The highest BCUT2D eigenvalue weighted by Crippen LogP contribution is 2.35. The van der Waals surface area contributed by atoms with E-state index in [0.717, 1.165) is 32.0 Å².